The van der Waals surface area contributed by atoms with Crippen LogP contribution < -0.4 is 10.1 Å². The van der Waals surface area contributed by atoms with E-state index >= 15 is 0 Å². The molecule has 0 bridgehead atoms. The molecule has 0 aliphatic carbocycles. The molecular weight excluding hydrogens is 439 g/mol. The summed E-state index contributed by atoms with van der Waals surface area (Å²) in [4.78, 5) is 27.0. The SMILES string of the molecule is CCOC(=O)C1=C(COc2cccc(CC)c2)N(C)C(=O)NC1c1ccc(Cl)cc1Cl. The Kier molecular flexibility index (Phi) is 7.46. The van der Waals surface area contributed by atoms with Gasteiger partial charge in [-0.15, -0.1) is 0 Å². The third kappa shape index (κ3) is 5.14. The maximum absolute atomic E-state index is 13.0. The minimum atomic E-state index is -0.798. The van der Waals surface area contributed by atoms with Gasteiger partial charge in [0.05, 0.1) is 23.9 Å². The quantitative estimate of drug-likeness (QED) is 0.577. The first-order valence-electron chi connectivity index (χ1n) is 9.96. The zero-order chi connectivity index (χ0) is 22.5. The van der Waals surface area contributed by atoms with Crippen LogP contribution >= 0.6 is 23.2 Å². The fourth-order valence-electron chi connectivity index (χ4n) is 3.36. The van der Waals surface area contributed by atoms with Crippen molar-refractivity contribution in [3.05, 3.63) is 74.9 Å². The van der Waals surface area contributed by atoms with E-state index in [4.69, 9.17) is 32.7 Å². The molecule has 3 rings (SSSR count). The number of amides is 2. The molecule has 0 saturated carbocycles. The van der Waals surface area contributed by atoms with Gasteiger partial charge in [0.25, 0.3) is 0 Å². The van der Waals surface area contributed by atoms with Gasteiger partial charge < -0.3 is 14.8 Å². The number of urea groups is 1. The fraction of sp³-hybridized carbons (Fsp3) is 0.304. The van der Waals surface area contributed by atoms with Gasteiger partial charge in [0.1, 0.15) is 12.4 Å². The monoisotopic (exact) mass is 462 g/mol. The Morgan fingerprint density at radius 2 is 1.94 bits per heavy atom. The van der Waals surface area contributed by atoms with Crippen molar-refractivity contribution in [3.63, 3.8) is 0 Å². The van der Waals surface area contributed by atoms with Crippen LogP contribution in [0.2, 0.25) is 10.0 Å². The van der Waals surface area contributed by atoms with Crippen molar-refractivity contribution in [2.24, 2.45) is 0 Å². The lowest BCUT2D eigenvalue weighted by Gasteiger charge is -2.34. The van der Waals surface area contributed by atoms with Gasteiger partial charge in [0, 0.05) is 17.1 Å². The standard InChI is InChI=1S/C23H24Cl2N2O4/c1-4-14-7-6-8-16(11-14)31-13-19-20(22(28)30-5-2)21(26-23(29)27(19)3)17-10-9-15(24)12-18(17)25/h6-12,21H,4-5,13H2,1-3H3,(H,26,29). The first-order valence-corrected chi connectivity index (χ1v) is 10.7. The van der Waals surface area contributed by atoms with Crippen molar-refractivity contribution < 1.29 is 19.1 Å². The Bertz CT molecular complexity index is 1020. The molecule has 0 fully saturated rings. The molecule has 2 aromatic carbocycles. The molecule has 1 N–H and O–H groups in total. The lowest BCUT2D eigenvalue weighted by atomic mass is 9.94. The highest BCUT2D eigenvalue weighted by atomic mass is 35.5. The van der Waals surface area contributed by atoms with E-state index in [1.165, 1.54) is 4.90 Å². The first-order chi connectivity index (χ1) is 14.8. The molecule has 0 spiro atoms. The number of carbonyl (C=O) groups is 2. The third-order valence-electron chi connectivity index (χ3n) is 5.03. The number of carbonyl (C=O) groups excluding carboxylic acids is 2. The normalized spacial score (nSPS) is 16.2. The van der Waals surface area contributed by atoms with Gasteiger partial charge in [-0.3, -0.25) is 4.90 Å². The number of rotatable bonds is 7. The van der Waals surface area contributed by atoms with Gasteiger partial charge in [-0.05, 0) is 48.7 Å². The van der Waals surface area contributed by atoms with E-state index in [1.807, 2.05) is 24.3 Å². The molecule has 1 aliphatic heterocycles. The van der Waals surface area contributed by atoms with Crippen LogP contribution in [0.4, 0.5) is 4.79 Å². The minimum absolute atomic E-state index is 0.00689. The Balaban J connectivity index is 2.05. The lowest BCUT2D eigenvalue weighted by Crippen LogP contribution is -2.48. The number of ether oxygens (including phenoxy) is 2. The van der Waals surface area contributed by atoms with Gasteiger partial charge in [-0.25, -0.2) is 9.59 Å². The summed E-state index contributed by atoms with van der Waals surface area (Å²) in [5, 5.41) is 3.61. The van der Waals surface area contributed by atoms with Gasteiger partial charge in [-0.1, -0.05) is 48.3 Å². The molecule has 31 heavy (non-hydrogen) atoms. The molecule has 164 valence electrons. The molecule has 0 saturated heterocycles. The summed E-state index contributed by atoms with van der Waals surface area (Å²) in [6.45, 7) is 3.97. The van der Waals surface area contributed by atoms with Crippen molar-refractivity contribution in [1.29, 1.82) is 0 Å². The van der Waals surface area contributed by atoms with Crippen LogP contribution in [0.1, 0.15) is 31.0 Å². The number of halogens is 2. The van der Waals surface area contributed by atoms with Gasteiger partial charge >= 0.3 is 12.0 Å². The summed E-state index contributed by atoms with van der Waals surface area (Å²) in [6.07, 6.45) is 0.868. The molecule has 1 heterocycles. The second-order valence-electron chi connectivity index (χ2n) is 6.98. The zero-order valence-electron chi connectivity index (χ0n) is 17.6. The Morgan fingerprint density at radius 1 is 1.16 bits per heavy atom. The summed E-state index contributed by atoms with van der Waals surface area (Å²) in [5.41, 5.74) is 2.33. The number of aryl methyl sites for hydroxylation is 1. The highest BCUT2D eigenvalue weighted by Crippen LogP contribution is 2.35. The van der Waals surface area contributed by atoms with Crippen LogP contribution in [0, 0.1) is 0 Å². The summed E-state index contributed by atoms with van der Waals surface area (Å²) in [6, 6.07) is 11.4. The summed E-state index contributed by atoms with van der Waals surface area (Å²) in [5.74, 6) is 0.0989. The fourth-order valence-corrected chi connectivity index (χ4v) is 3.87. The Morgan fingerprint density at radius 3 is 2.61 bits per heavy atom. The summed E-state index contributed by atoms with van der Waals surface area (Å²) < 4.78 is 11.3. The number of hydrogen-bond donors (Lipinski definition) is 1. The topological polar surface area (TPSA) is 67.9 Å². The predicted molar refractivity (Wildman–Crippen MR) is 120 cm³/mol. The van der Waals surface area contributed by atoms with E-state index < -0.39 is 12.0 Å². The van der Waals surface area contributed by atoms with Crippen molar-refractivity contribution >= 4 is 35.2 Å². The lowest BCUT2D eigenvalue weighted by molar-refractivity contribution is -0.139. The van der Waals surface area contributed by atoms with Crippen LogP contribution in [-0.2, 0) is 16.0 Å². The second kappa shape index (κ2) is 10.1. The van der Waals surface area contributed by atoms with Crippen molar-refractivity contribution in [2.75, 3.05) is 20.3 Å². The zero-order valence-corrected chi connectivity index (χ0v) is 19.1. The number of esters is 1. The Hall–Kier alpha value is -2.70. The molecule has 1 unspecified atom stereocenters. The number of nitrogens with one attached hydrogen (secondary N) is 1. The third-order valence-corrected chi connectivity index (χ3v) is 5.59. The molecule has 8 heteroatoms. The molecule has 6 nitrogen and oxygen atoms in total. The van der Waals surface area contributed by atoms with E-state index in [0.717, 1.165) is 12.0 Å². The van der Waals surface area contributed by atoms with E-state index in [0.29, 0.717) is 27.1 Å². The molecule has 1 aliphatic rings. The highest BCUT2D eigenvalue weighted by molar-refractivity contribution is 6.35. The first kappa shape index (κ1) is 23.0. The van der Waals surface area contributed by atoms with Crippen LogP contribution in [0.5, 0.6) is 5.75 Å². The maximum Gasteiger partial charge on any atom is 0.338 e. The van der Waals surface area contributed by atoms with Gasteiger partial charge in [0.2, 0.25) is 0 Å². The van der Waals surface area contributed by atoms with Crippen LogP contribution in [0.15, 0.2) is 53.7 Å². The van der Waals surface area contributed by atoms with Gasteiger partial charge in [0.15, 0.2) is 0 Å². The van der Waals surface area contributed by atoms with E-state index in [-0.39, 0.29) is 24.8 Å². The molecular formula is C23H24Cl2N2O4. The number of likely N-dealkylation sites (N-methyl/N-ethyl adjacent to an activating group) is 1. The molecule has 2 amide bonds. The predicted octanol–water partition coefficient (Wildman–Crippen LogP) is 5.15. The number of hydrogen-bond acceptors (Lipinski definition) is 4. The highest BCUT2D eigenvalue weighted by Gasteiger charge is 2.38. The molecule has 0 radical (unpaired) electrons. The van der Waals surface area contributed by atoms with Crippen LogP contribution in [0.3, 0.4) is 0 Å². The average Bonchev–Trinajstić information content (AvgIpc) is 2.74. The molecule has 0 aromatic heterocycles. The number of benzene rings is 2. The van der Waals surface area contributed by atoms with Crippen molar-refractivity contribution in [1.82, 2.24) is 10.2 Å². The summed E-state index contributed by atoms with van der Waals surface area (Å²) in [7, 11) is 1.58. The minimum Gasteiger partial charge on any atom is -0.487 e. The van der Waals surface area contributed by atoms with Gasteiger partial charge in [-0.2, -0.15) is 0 Å². The van der Waals surface area contributed by atoms with Crippen LogP contribution in [0.25, 0.3) is 0 Å². The second-order valence-corrected chi connectivity index (χ2v) is 7.82. The Labute approximate surface area is 191 Å². The smallest absolute Gasteiger partial charge is 0.338 e. The van der Waals surface area contributed by atoms with Crippen LogP contribution in [-0.4, -0.2) is 37.2 Å². The van der Waals surface area contributed by atoms with E-state index in [2.05, 4.69) is 12.2 Å². The average molecular weight is 463 g/mol. The molecule has 2 aromatic rings. The van der Waals surface area contributed by atoms with E-state index in [1.54, 1.807) is 32.2 Å². The number of nitrogens with zero attached hydrogens (tertiary/aromatic N) is 1. The van der Waals surface area contributed by atoms with Crippen molar-refractivity contribution in [3.8, 4) is 5.75 Å². The summed E-state index contributed by atoms with van der Waals surface area (Å²) >= 11 is 12.4. The van der Waals surface area contributed by atoms with E-state index in [9.17, 15) is 9.59 Å². The largest absolute Gasteiger partial charge is 0.487 e. The van der Waals surface area contributed by atoms with Crippen molar-refractivity contribution in [2.45, 2.75) is 26.3 Å². The maximum atomic E-state index is 13.0. The molecule has 1 atom stereocenters.